The minimum absolute atomic E-state index is 0.0234. The van der Waals surface area contributed by atoms with Crippen LogP contribution in [0.1, 0.15) is 43.5 Å². The third-order valence-corrected chi connectivity index (χ3v) is 5.73. The van der Waals surface area contributed by atoms with Crippen molar-refractivity contribution in [3.8, 4) is 11.5 Å². The van der Waals surface area contributed by atoms with Crippen molar-refractivity contribution in [3.63, 3.8) is 0 Å². The summed E-state index contributed by atoms with van der Waals surface area (Å²) in [6.45, 7) is 7.40. The van der Waals surface area contributed by atoms with Gasteiger partial charge in [0.25, 0.3) is 0 Å². The fourth-order valence-electron chi connectivity index (χ4n) is 4.44. The fourth-order valence-corrected chi connectivity index (χ4v) is 4.44. The second-order valence-electron chi connectivity index (χ2n) is 8.41. The Bertz CT molecular complexity index is 919. The molecule has 3 rings (SSSR count). The lowest BCUT2D eigenvalue weighted by Gasteiger charge is -2.38. The van der Waals surface area contributed by atoms with E-state index in [9.17, 15) is 9.18 Å². The number of hydrogen-bond donors (Lipinski definition) is 3. The van der Waals surface area contributed by atoms with Gasteiger partial charge in [-0.25, -0.2) is 9.18 Å². The Balaban J connectivity index is 1.96. The summed E-state index contributed by atoms with van der Waals surface area (Å²) in [4.78, 5) is 13.7. The monoisotopic (exact) mass is 430 g/mol. The fraction of sp³-hybridized carbons (Fsp3) is 0.458. The predicted octanol–water partition coefficient (Wildman–Crippen LogP) is 2.62. The van der Waals surface area contributed by atoms with Gasteiger partial charge in [-0.1, -0.05) is 12.1 Å². The maximum Gasteiger partial charge on any atom is 0.315 e. The largest absolute Gasteiger partial charge is 0.493 e. The van der Waals surface area contributed by atoms with Crippen LogP contribution >= 0.6 is 0 Å². The van der Waals surface area contributed by atoms with Gasteiger partial charge in [0.05, 0.1) is 26.8 Å². The van der Waals surface area contributed by atoms with Crippen LogP contribution in [0.2, 0.25) is 0 Å². The van der Waals surface area contributed by atoms with Crippen molar-refractivity contribution in [1.29, 1.82) is 0 Å². The Morgan fingerprint density at radius 1 is 1.13 bits per heavy atom. The first-order valence-corrected chi connectivity index (χ1v) is 10.7. The number of hydrogen-bond acceptors (Lipinski definition) is 3. The molecule has 1 aliphatic heterocycles. The Kier molecular flexibility index (Phi) is 7.38. The van der Waals surface area contributed by atoms with Gasteiger partial charge in [-0.3, -0.25) is 0 Å². The molecule has 0 bridgehead atoms. The molecule has 1 heterocycles. The molecule has 0 aromatic heterocycles. The molecule has 3 N–H and O–H groups in total. The molecule has 7 heteroatoms. The zero-order chi connectivity index (χ0) is 22.5. The zero-order valence-corrected chi connectivity index (χ0v) is 18.9. The van der Waals surface area contributed by atoms with E-state index >= 15 is 0 Å². The number of quaternary nitrogens is 1. The van der Waals surface area contributed by atoms with E-state index in [4.69, 9.17) is 9.47 Å². The van der Waals surface area contributed by atoms with Gasteiger partial charge in [-0.05, 0) is 50.6 Å². The number of rotatable bonds is 7. The third kappa shape index (κ3) is 5.47. The van der Waals surface area contributed by atoms with E-state index in [2.05, 4.69) is 10.6 Å². The molecular formula is C24H33FN3O3+. The van der Waals surface area contributed by atoms with Crippen LogP contribution in [-0.4, -0.2) is 38.9 Å². The topological polar surface area (TPSA) is 64.0 Å². The molecule has 2 aromatic carbocycles. The van der Waals surface area contributed by atoms with Crippen molar-refractivity contribution < 1.29 is 23.6 Å². The van der Waals surface area contributed by atoms with Gasteiger partial charge in [-0.15, -0.1) is 0 Å². The smallest absolute Gasteiger partial charge is 0.315 e. The zero-order valence-electron chi connectivity index (χ0n) is 18.9. The Hall–Kier alpha value is -2.80. The molecule has 1 unspecified atom stereocenters. The maximum absolute atomic E-state index is 13.8. The summed E-state index contributed by atoms with van der Waals surface area (Å²) < 4.78 is 24.8. The first-order valence-electron chi connectivity index (χ1n) is 10.7. The quantitative estimate of drug-likeness (QED) is 0.633. The number of ether oxygens (including phenoxy) is 2. The molecule has 1 aliphatic rings. The van der Waals surface area contributed by atoms with Crippen molar-refractivity contribution in [3.05, 3.63) is 58.9 Å². The molecule has 3 atom stereocenters. The Morgan fingerprint density at radius 2 is 1.84 bits per heavy atom. The molecule has 0 aliphatic carbocycles. The number of halogens is 1. The summed E-state index contributed by atoms with van der Waals surface area (Å²) in [5.74, 6) is 1.13. The minimum Gasteiger partial charge on any atom is -0.493 e. The Labute approximate surface area is 183 Å². The van der Waals surface area contributed by atoms with Gasteiger partial charge < -0.3 is 25.0 Å². The molecular weight excluding hydrogens is 397 g/mol. The number of benzene rings is 2. The number of fused-ring (bicyclic) bond motifs is 1. The van der Waals surface area contributed by atoms with E-state index < -0.39 is 0 Å². The van der Waals surface area contributed by atoms with E-state index in [0.717, 1.165) is 24.1 Å². The number of nitrogens with one attached hydrogen (secondary N) is 3. The molecule has 168 valence electrons. The van der Waals surface area contributed by atoms with Crippen LogP contribution in [-0.2, 0) is 13.0 Å². The van der Waals surface area contributed by atoms with Crippen molar-refractivity contribution in [2.24, 2.45) is 0 Å². The lowest BCUT2D eigenvalue weighted by Crippen LogP contribution is -3.13. The summed E-state index contributed by atoms with van der Waals surface area (Å²) in [6.07, 6.45) is 0.863. The number of carbonyl (C=O) groups is 1. The SMILES string of the molecule is COc1cc2c(cc1OC)[C@@H]([C@H](C)NC(=O)NC(C)C)[NH+](Cc1cccc(F)c1)CC2. The highest BCUT2D eigenvalue weighted by Crippen LogP contribution is 2.35. The van der Waals surface area contributed by atoms with Crippen molar-refractivity contribution >= 4 is 6.03 Å². The van der Waals surface area contributed by atoms with E-state index in [1.54, 1.807) is 26.4 Å². The standard InChI is InChI=1S/C24H32FN3O3/c1-15(2)26-24(29)27-16(3)23-20-13-22(31-5)21(30-4)12-18(20)9-10-28(23)14-17-7-6-8-19(25)11-17/h6-8,11-13,15-16,23H,9-10,14H2,1-5H3,(H2,26,27,29)/p+1/t16-,23+/m0/s1. The molecule has 6 nitrogen and oxygen atoms in total. The van der Waals surface area contributed by atoms with Crippen LogP contribution in [0.25, 0.3) is 0 Å². The Morgan fingerprint density at radius 3 is 2.48 bits per heavy atom. The molecule has 2 aromatic rings. The molecule has 0 saturated heterocycles. The maximum atomic E-state index is 13.8. The van der Waals surface area contributed by atoms with E-state index in [1.165, 1.54) is 16.5 Å². The summed E-state index contributed by atoms with van der Waals surface area (Å²) in [5.41, 5.74) is 3.24. The molecule has 0 fully saturated rings. The van der Waals surface area contributed by atoms with Gasteiger partial charge in [0.15, 0.2) is 11.5 Å². The second kappa shape index (κ2) is 10.0. The minimum atomic E-state index is -0.236. The van der Waals surface area contributed by atoms with Crippen molar-refractivity contribution in [2.45, 2.75) is 51.9 Å². The number of urea groups is 1. The molecule has 31 heavy (non-hydrogen) atoms. The number of amides is 2. The number of methoxy groups -OCH3 is 2. The van der Waals surface area contributed by atoms with Crippen LogP contribution in [0.4, 0.5) is 9.18 Å². The van der Waals surface area contributed by atoms with E-state index in [-0.39, 0.29) is 30.0 Å². The predicted molar refractivity (Wildman–Crippen MR) is 118 cm³/mol. The first kappa shape index (κ1) is 22.9. The van der Waals surface area contributed by atoms with Gasteiger partial charge in [0.2, 0.25) is 0 Å². The highest BCUT2D eigenvalue weighted by Gasteiger charge is 2.37. The van der Waals surface area contributed by atoms with E-state index in [1.807, 2.05) is 39.0 Å². The molecule has 0 radical (unpaired) electrons. The van der Waals surface area contributed by atoms with Crippen molar-refractivity contribution in [2.75, 3.05) is 20.8 Å². The molecule has 0 spiro atoms. The lowest BCUT2D eigenvalue weighted by molar-refractivity contribution is -0.948. The van der Waals surface area contributed by atoms with E-state index in [0.29, 0.717) is 18.0 Å². The van der Waals surface area contributed by atoms with Gasteiger partial charge in [0.1, 0.15) is 18.4 Å². The van der Waals surface area contributed by atoms with Gasteiger partial charge >= 0.3 is 6.03 Å². The molecule has 2 amide bonds. The van der Waals surface area contributed by atoms with Crippen molar-refractivity contribution in [1.82, 2.24) is 10.6 Å². The third-order valence-electron chi connectivity index (χ3n) is 5.73. The van der Waals surface area contributed by atoms with Crippen LogP contribution in [0, 0.1) is 5.82 Å². The second-order valence-corrected chi connectivity index (χ2v) is 8.41. The number of carbonyl (C=O) groups excluding carboxylic acids is 1. The van der Waals surface area contributed by atoms with Crippen LogP contribution < -0.4 is 25.0 Å². The summed E-state index contributed by atoms with van der Waals surface area (Å²) in [5, 5.41) is 5.99. The van der Waals surface area contributed by atoms with Crippen LogP contribution in [0.15, 0.2) is 36.4 Å². The molecule has 0 saturated carbocycles. The van der Waals surface area contributed by atoms with Gasteiger partial charge in [0, 0.05) is 23.6 Å². The summed E-state index contributed by atoms with van der Waals surface area (Å²) >= 11 is 0. The average Bonchev–Trinajstić information content (AvgIpc) is 2.71. The summed E-state index contributed by atoms with van der Waals surface area (Å²) in [7, 11) is 3.25. The average molecular weight is 431 g/mol. The lowest BCUT2D eigenvalue weighted by atomic mass is 9.87. The highest BCUT2D eigenvalue weighted by molar-refractivity contribution is 5.74. The van der Waals surface area contributed by atoms with Crippen LogP contribution in [0.3, 0.4) is 0 Å². The van der Waals surface area contributed by atoms with Gasteiger partial charge in [-0.2, -0.15) is 0 Å². The van der Waals surface area contributed by atoms with Crippen LogP contribution in [0.5, 0.6) is 11.5 Å². The first-order chi connectivity index (χ1) is 14.8. The summed E-state index contributed by atoms with van der Waals surface area (Å²) in [6, 6.07) is 10.4. The highest BCUT2D eigenvalue weighted by atomic mass is 19.1. The normalized spacial score (nSPS) is 18.8.